The van der Waals surface area contributed by atoms with Crippen molar-refractivity contribution < 1.29 is 4.84 Å². The Morgan fingerprint density at radius 2 is 1.94 bits per heavy atom. The highest BCUT2D eigenvalue weighted by molar-refractivity contribution is 5.60. The molecule has 0 aliphatic carbocycles. The zero-order valence-electron chi connectivity index (χ0n) is 11.7. The lowest BCUT2D eigenvalue weighted by atomic mass is 9.96. The average Bonchev–Trinajstić information content (AvgIpc) is 2.28. The van der Waals surface area contributed by atoms with Gasteiger partial charge in [-0.05, 0) is 44.7 Å². The largest absolute Gasteiger partial charge is 0.371 e. The minimum absolute atomic E-state index is 0.559. The van der Waals surface area contributed by atoms with Crippen molar-refractivity contribution >= 4 is 5.69 Å². The summed E-state index contributed by atoms with van der Waals surface area (Å²) < 4.78 is 0. The second-order valence-electron chi connectivity index (χ2n) is 5.53. The number of hydrogen-bond donors (Lipinski definition) is 1. The van der Waals surface area contributed by atoms with Crippen molar-refractivity contribution in [3.05, 3.63) is 28.8 Å². The molecular weight excluding hydrogens is 224 g/mol. The Labute approximate surface area is 110 Å². The van der Waals surface area contributed by atoms with Gasteiger partial charge in [0, 0.05) is 24.7 Å². The summed E-state index contributed by atoms with van der Waals surface area (Å²) in [5.74, 6) is 5.76. The van der Waals surface area contributed by atoms with Crippen molar-refractivity contribution in [1.82, 2.24) is 0 Å². The molecule has 1 heterocycles. The molecule has 2 rings (SSSR count). The molecule has 0 radical (unpaired) electrons. The number of nitrogens with zero attached hydrogens (tertiary/aromatic N) is 1. The van der Waals surface area contributed by atoms with Crippen LogP contribution in [0.25, 0.3) is 0 Å². The highest BCUT2D eigenvalue weighted by atomic mass is 16.6. The lowest BCUT2D eigenvalue weighted by Crippen LogP contribution is -2.38. The van der Waals surface area contributed by atoms with Gasteiger partial charge in [0.25, 0.3) is 0 Å². The molecular formula is C15H24N2O. The monoisotopic (exact) mass is 248 g/mol. The smallest absolute Gasteiger partial charge is 0.0724 e. The third kappa shape index (κ3) is 2.85. The van der Waals surface area contributed by atoms with Crippen molar-refractivity contribution in [2.24, 2.45) is 11.8 Å². The zero-order chi connectivity index (χ0) is 13.1. The zero-order valence-corrected chi connectivity index (χ0v) is 11.7. The van der Waals surface area contributed by atoms with Gasteiger partial charge >= 0.3 is 0 Å². The van der Waals surface area contributed by atoms with Crippen LogP contribution in [0.1, 0.15) is 29.5 Å². The molecule has 1 aromatic rings. The molecule has 1 saturated heterocycles. The fourth-order valence-electron chi connectivity index (χ4n) is 3.21. The van der Waals surface area contributed by atoms with Crippen LogP contribution in [0, 0.1) is 26.7 Å². The summed E-state index contributed by atoms with van der Waals surface area (Å²) in [5, 5.41) is 0. The van der Waals surface area contributed by atoms with E-state index in [4.69, 9.17) is 10.7 Å². The summed E-state index contributed by atoms with van der Waals surface area (Å²) in [7, 11) is 0. The minimum atomic E-state index is 0.559. The van der Waals surface area contributed by atoms with E-state index < -0.39 is 0 Å². The third-order valence-electron chi connectivity index (χ3n) is 3.80. The first-order valence-corrected chi connectivity index (χ1v) is 6.76. The molecule has 2 N–H and O–H groups in total. The number of hydrogen-bond acceptors (Lipinski definition) is 3. The molecule has 1 fully saturated rings. The van der Waals surface area contributed by atoms with Crippen molar-refractivity contribution in [3.8, 4) is 0 Å². The maximum Gasteiger partial charge on any atom is 0.0724 e. The summed E-state index contributed by atoms with van der Waals surface area (Å²) in [6, 6.07) is 4.54. The van der Waals surface area contributed by atoms with E-state index in [0.29, 0.717) is 12.5 Å². The molecule has 1 aromatic carbocycles. The number of rotatable bonds is 3. The van der Waals surface area contributed by atoms with Gasteiger partial charge in [-0.15, -0.1) is 0 Å². The minimum Gasteiger partial charge on any atom is -0.371 e. The molecule has 0 amide bonds. The molecule has 0 aromatic heterocycles. The summed E-state index contributed by atoms with van der Waals surface area (Å²) in [4.78, 5) is 7.32. The van der Waals surface area contributed by atoms with Gasteiger partial charge < -0.3 is 9.74 Å². The molecule has 100 valence electrons. The average molecular weight is 248 g/mol. The first-order chi connectivity index (χ1) is 8.61. The van der Waals surface area contributed by atoms with Crippen molar-refractivity contribution in [2.45, 2.75) is 33.6 Å². The van der Waals surface area contributed by atoms with Crippen LogP contribution in [0.3, 0.4) is 0 Å². The molecule has 1 aliphatic rings. The molecule has 1 aliphatic heterocycles. The maximum absolute atomic E-state index is 5.20. The molecule has 0 saturated carbocycles. The first-order valence-electron chi connectivity index (χ1n) is 6.76. The quantitative estimate of drug-likeness (QED) is 0.836. The molecule has 1 atom stereocenters. The Bertz CT molecular complexity index is 392. The summed E-state index contributed by atoms with van der Waals surface area (Å²) in [6.07, 6.45) is 2.44. The van der Waals surface area contributed by atoms with E-state index >= 15 is 0 Å². The second-order valence-corrected chi connectivity index (χ2v) is 5.53. The van der Waals surface area contributed by atoms with Crippen LogP contribution < -0.4 is 10.8 Å². The standard InChI is InChI=1S/C15H24N2O/c1-11-7-12(2)15(13(3)8-11)17-6-4-5-14(9-17)10-18-16/h7-8,14H,4-6,9-10,16H2,1-3H3. The van der Waals surface area contributed by atoms with Crippen molar-refractivity contribution in [2.75, 3.05) is 24.6 Å². The van der Waals surface area contributed by atoms with Crippen LogP contribution in [0.15, 0.2) is 12.1 Å². The Morgan fingerprint density at radius 3 is 2.56 bits per heavy atom. The van der Waals surface area contributed by atoms with Crippen LogP contribution >= 0.6 is 0 Å². The highest BCUT2D eigenvalue weighted by Crippen LogP contribution is 2.30. The number of aryl methyl sites for hydroxylation is 3. The van der Waals surface area contributed by atoms with E-state index in [2.05, 4.69) is 37.8 Å². The number of anilines is 1. The fourth-order valence-corrected chi connectivity index (χ4v) is 3.21. The molecule has 3 nitrogen and oxygen atoms in total. The van der Waals surface area contributed by atoms with Gasteiger partial charge in [-0.3, -0.25) is 0 Å². The number of benzene rings is 1. The van der Waals surface area contributed by atoms with Gasteiger partial charge in [-0.1, -0.05) is 17.7 Å². The van der Waals surface area contributed by atoms with E-state index in [1.807, 2.05) is 0 Å². The van der Waals surface area contributed by atoms with Gasteiger partial charge in [0.15, 0.2) is 0 Å². The molecule has 0 spiro atoms. The normalized spacial score (nSPS) is 20.2. The second kappa shape index (κ2) is 5.72. The number of nitrogens with two attached hydrogens (primary N) is 1. The molecule has 1 unspecified atom stereocenters. The maximum atomic E-state index is 5.20. The molecule has 18 heavy (non-hydrogen) atoms. The molecule has 3 heteroatoms. The van der Waals surface area contributed by atoms with Crippen LogP contribution in [0.5, 0.6) is 0 Å². The predicted octanol–water partition coefficient (Wildman–Crippen LogP) is 2.72. The Morgan fingerprint density at radius 1 is 1.28 bits per heavy atom. The third-order valence-corrected chi connectivity index (χ3v) is 3.80. The lowest BCUT2D eigenvalue weighted by Gasteiger charge is -2.36. The Kier molecular flexibility index (Phi) is 4.25. The van der Waals surface area contributed by atoms with Crippen LogP contribution in [0.4, 0.5) is 5.69 Å². The van der Waals surface area contributed by atoms with Crippen molar-refractivity contribution in [1.29, 1.82) is 0 Å². The van der Waals surface area contributed by atoms with E-state index in [9.17, 15) is 0 Å². The SMILES string of the molecule is Cc1cc(C)c(N2CCCC(CON)C2)c(C)c1. The topological polar surface area (TPSA) is 38.5 Å². The molecule has 0 bridgehead atoms. The fraction of sp³-hybridized carbons (Fsp3) is 0.600. The predicted molar refractivity (Wildman–Crippen MR) is 75.7 cm³/mol. The Hall–Kier alpha value is -1.06. The van der Waals surface area contributed by atoms with Crippen LogP contribution in [0.2, 0.25) is 0 Å². The van der Waals surface area contributed by atoms with Crippen molar-refractivity contribution in [3.63, 3.8) is 0 Å². The summed E-state index contributed by atoms with van der Waals surface area (Å²) in [5.41, 5.74) is 5.50. The van der Waals surface area contributed by atoms with Crippen LogP contribution in [-0.2, 0) is 4.84 Å². The van der Waals surface area contributed by atoms with Crippen LogP contribution in [-0.4, -0.2) is 19.7 Å². The summed E-state index contributed by atoms with van der Waals surface area (Å²) in [6.45, 7) is 9.44. The van der Waals surface area contributed by atoms with E-state index in [1.165, 1.54) is 35.2 Å². The van der Waals surface area contributed by atoms with Gasteiger partial charge in [0.2, 0.25) is 0 Å². The lowest BCUT2D eigenvalue weighted by molar-refractivity contribution is 0.0951. The Balaban J connectivity index is 2.20. The van der Waals surface area contributed by atoms with Gasteiger partial charge in [0.1, 0.15) is 0 Å². The van der Waals surface area contributed by atoms with Gasteiger partial charge in [-0.25, -0.2) is 5.90 Å². The number of piperidine rings is 1. The van der Waals surface area contributed by atoms with E-state index in [0.717, 1.165) is 13.1 Å². The highest BCUT2D eigenvalue weighted by Gasteiger charge is 2.22. The van der Waals surface area contributed by atoms with E-state index in [1.54, 1.807) is 0 Å². The van der Waals surface area contributed by atoms with Gasteiger partial charge in [-0.2, -0.15) is 0 Å². The van der Waals surface area contributed by atoms with E-state index in [-0.39, 0.29) is 0 Å². The summed E-state index contributed by atoms with van der Waals surface area (Å²) >= 11 is 0. The van der Waals surface area contributed by atoms with Gasteiger partial charge in [0.05, 0.1) is 6.61 Å². The first kappa shape index (κ1) is 13.4.